The molecule has 134 valence electrons. The highest BCUT2D eigenvalue weighted by Gasteiger charge is 2.44. The van der Waals surface area contributed by atoms with E-state index >= 15 is 0 Å². The largest absolute Gasteiger partial charge is 0.383 e. The Bertz CT molecular complexity index is 875. The molecule has 0 saturated carbocycles. The molecule has 1 unspecified atom stereocenters. The van der Waals surface area contributed by atoms with E-state index in [0.29, 0.717) is 24.1 Å². The second kappa shape index (κ2) is 6.34. The third kappa shape index (κ3) is 2.97. The van der Waals surface area contributed by atoms with Crippen molar-refractivity contribution in [3.63, 3.8) is 0 Å². The molecule has 0 bridgehead atoms. The Kier molecular flexibility index (Phi) is 4.33. The van der Waals surface area contributed by atoms with E-state index in [9.17, 15) is 14.9 Å². The van der Waals surface area contributed by atoms with Gasteiger partial charge in [0.15, 0.2) is 5.78 Å². The molecule has 1 aliphatic heterocycles. The van der Waals surface area contributed by atoms with Crippen LogP contribution in [0.15, 0.2) is 53.0 Å². The third-order valence-corrected chi connectivity index (χ3v) is 4.78. The number of hydrazine groups is 1. The van der Waals surface area contributed by atoms with E-state index < -0.39 is 5.92 Å². The number of rotatable bonds is 2. The predicted octanol–water partition coefficient (Wildman–Crippen LogP) is 2.47. The maximum absolute atomic E-state index is 13.1. The van der Waals surface area contributed by atoms with Crippen LogP contribution in [-0.2, 0) is 9.59 Å². The van der Waals surface area contributed by atoms with Crippen molar-refractivity contribution in [1.29, 1.82) is 5.26 Å². The Morgan fingerprint density at radius 3 is 2.54 bits per heavy atom. The number of nitrogens with zero attached hydrogens (tertiary/aromatic N) is 2. The van der Waals surface area contributed by atoms with Crippen LogP contribution >= 0.6 is 0 Å². The van der Waals surface area contributed by atoms with Gasteiger partial charge in [0.1, 0.15) is 5.82 Å². The maximum atomic E-state index is 13.1. The summed E-state index contributed by atoms with van der Waals surface area (Å²) >= 11 is 0. The van der Waals surface area contributed by atoms with Gasteiger partial charge in [0.25, 0.3) is 0 Å². The fourth-order valence-electron chi connectivity index (χ4n) is 3.77. The van der Waals surface area contributed by atoms with E-state index in [2.05, 4.69) is 11.5 Å². The van der Waals surface area contributed by atoms with E-state index in [-0.39, 0.29) is 28.5 Å². The minimum Gasteiger partial charge on any atom is -0.383 e. The lowest BCUT2D eigenvalue weighted by Gasteiger charge is -2.43. The molecule has 1 aromatic rings. The molecule has 26 heavy (non-hydrogen) atoms. The first kappa shape index (κ1) is 17.7. The van der Waals surface area contributed by atoms with Gasteiger partial charge in [-0.25, -0.2) is 5.01 Å². The zero-order valence-corrected chi connectivity index (χ0v) is 15.2. The number of nitrogens with one attached hydrogen (secondary N) is 1. The highest BCUT2D eigenvalue weighted by Crippen LogP contribution is 2.48. The van der Waals surface area contributed by atoms with Crippen LogP contribution in [0, 0.1) is 16.7 Å². The standard InChI is InChI=1S/C20H22N4O2/c1-12(25)23-24-15-9-20(2,3)10-16(26)18(15)17(14(11-21)19(24)22)13-7-5-4-6-8-13/h4-8,17H,9-10,22H2,1-3H3,(H,23,25). The number of amides is 1. The van der Waals surface area contributed by atoms with Gasteiger partial charge in [-0.3, -0.25) is 15.0 Å². The highest BCUT2D eigenvalue weighted by atomic mass is 16.2. The fraction of sp³-hybridized carbons (Fsp3) is 0.350. The molecule has 6 nitrogen and oxygen atoms in total. The molecule has 1 aromatic carbocycles. The Labute approximate surface area is 152 Å². The zero-order chi connectivity index (χ0) is 19.1. The maximum Gasteiger partial charge on any atom is 0.235 e. The summed E-state index contributed by atoms with van der Waals surface area (Å²) in [5.41, 5.74) is 11.0. The van der Waals surface area contributed by atoms with Gasteiger partial charge in [-0.2, -0.15) is 5.26 Å². The average Bonchev–Trinajstić information content (AvgIpc) is 2.56. The minimum atomic E-state index is -0.509. The van der Waals surface area contributed by atoms with Crippen molar-refractivity contribution in [3.05, 3.63) is 58.6 Å². The quantitative estimate of drug-likeness (QED) is 0.853. The number of nitrogens with two attached hydrogens (primary N) is 1. The Balaban J connectivity index is 2.26. The first-order valence-electron chi connectivity index (χ1n) is 8.53. The molecule has 3 rings (SSSR count). The number of carbonyl (C=O) groups excluding carboxylic acids is 2. The van der Waals surface area contributed by atoms with Crippen molar-refractivity contribution in [1.82, 2.24) is 10.4 Å². The zero-order valence-electron chi connectivity index (χ0n) is 15.2. The van der Waals surface area contributed by atoms with Gasteiger partial charge in [0.2, 0.25) is 5.91 Å². The number of Topliss-reactive ketones (excluding diaryl/α,β-unsaturated/α-hetero) is 1. The first-order valence-corrected chi connectivity index (χ1v) is 8.53. The van der Waals surface area contributed by atoms with Gasteiger partial charge in [0.05, 0.1) is 23.3 Å². The summed E-state index contributed by atoms with van der Waals surface area (Å²) in [6, 6.07) is 11.6. The van der Waals surface area contributed by atoms with Crippen molar-refractivity contribution in [2.45, 2.75) is 39.5 Å². The van der Waals surface area contributed by atoms with Crippen LogP contribution < -0.4 is 11.2 Å². The smallest absolute Gasteiger partial charge is 0.235 e. The van der Waals surface area contributed by atoms with E-state index in [0.717, 1.165) is 5.56 Å². The van der Waals surface area contributed by atoms with Crippen LogP contribution in [0.3, 0.4) is 0 Å². The summed E-state index contributed by atoms with van der Waals surface area (Å²) in [4.78, 5) is 24.8. The van der Waals surface area contributed by atoms with Gasteiger partial charge in [-0.05, 0) is 17.4 Å². The van der Waals surface area contributed by atoms with Crippen molar-refractivity contribution < 1.29 is 9.59 Å². The van der Waals surface area contributed by atoms with E-state index in [4.69, 9.17) is 5.73 Å². The molecule has 0 saturated heterocycles. The van der Waals surface area contributed by atoms with Crippen LogP contribution in [0.4, 0.5) is 0 Å². The predicted molar refractivity (Wildman–Crippen MR) is 96.7 cm³/mol. The molecule has 1 aliphatic carbocycles. The number of nitriles is 1. The van der Waals surface area contributed by atoms with Crippen molar-refractivity contribution >= 4 is 11.7 Å². The summed E-state index contributed by atoms with van der Waals surface area (Å²) in [6.45, 7) is 5.40. The molecular weight excluding hydrogens is 328 g/mol. The van der Waals surface area contributed by atoms with Crippen molar-refractivity contribution in [3.8, 4) is 6.07 Å². The third-order valence-electron chi connectivity index (χ3n) is 4.78. The van der Waals surface area contributed by atoms with Crippen LogP contribution in [0.2, 0.25) is 0 Å². The minimum absolute atomic E-state index is 0.0132. The molecule has 0 fully saturated rings. The molecule has 6 heteroatoms. The molecule has 0 radical (unpaired) electrons. The molecule has 1 atom stereocenters. The molecule has 3 N–H and O–H groups in total. The molecule has 1 amide bonds. The number of carbonyl (C=O) groups is 2. The lowest BCUT2D eigenvalue weighted by atomic mass is 9.69. The Hall–Kier alpha value is -3.07. The second-order valence-corrected chi connectivity index (χ2v) is 7.56. The van der Waals surface area contributed by atoms with Gasteiger partial charge < -0.3 is 5.73 Å². The summed E-state index contributed by atoms with van der Waals surface area (Å²) < 4.78 is 0. The Morgan fingerprint density at radius 2 is 1.96 bits per heavy atom. The Morgan fingerprint density at radius 1 is 1.31 bits per heavy atom. The summed E-state index contributed by atoms with van der Waals surface area (Å²) in [5.74, 6) is -0.669. The van der Waals surface area contributed by atoms with E-state index in [1.54, 1.807) is 0 Å². The summed E-state index contributed by atoms with van der Waals surface area (Å²) in [7, 11) is 0. The van der Waals surface area contributed by atoms with Crippen molar-refractivity contribution in [2.75, 3.05) is 0 Å². The van der Waals surface area contributed by atoms with E-state index in [1.807, 2.05) is 44.2 Å². The lowest BCUT2D eigenvalue weighted by Crippen LogP contribution is -2.49. The molecule has 0 aromatic heterocycles. The van der Waals surface area contributed by atoms with Crippen LogP contribution in [0.25, 0.3) is 0 Å². The van der Waals surface area contributed by atoms with Gasteiger partial charge in [-0.15, -0.1) is 0 Å². The molecular formula is C20H22N4O2. The van der Waals surface area contributed by atoms with Crippen LogP contribution in [0.1, 0.15) is 45.1 Å². The number of hydrogen-bond acceptors (Lipinski definition) is 5. The van der Waals surface area contributed by atoms with Gasteiger partial charge in [0, 0.05) is 18.9 Å². The van der Waals surface area contributed by atoms with Crippen molar-refractivity contribution in [2.24, 2.45) is 11.1 Å². The number of benzene rings is 1. The fourth-order valence-corrected chi connectivity index (χ4v) is 3.77. The normalized spacial score (nSPS) is 22.0. The van der Waals surface area contributed by atoms with Gasteiger partial charge in [-0.1, -0.05) is 44.2 Å². The lowest BCUT2D eigenvalue weighted by molar-refractivity contribution is -0.123. The van der Waals surface area contributed by atoms with E-state index in [1.165, 1.54) is 11.9 Å². The molecule has 2 aliphatic rings. The van der Waals surface area contributed by atoms with Gasteiger partial charge >= 0.3 is 0 Å². The topological polar surface area (TPSA) is 99.2 Å². The first-order chi connectivity index (χ1) is 12.2. The highest BCUT2D eigenvalue weighted by molar-refractivity contribution is 6.00. The monoisotopic (exact) mass is 350 g/mol. The van der Waals surface area contributed by atoms with Crippen LogP contribution in [-0.4, -0.2) is 16.7 Å². The SMILES string of the molecule is CC(=O)NN1C(N)=C(C#N)C(c2ccccc2)C2=C1CC(C)(C)CC2=O. The number of hydrogen-bond donors (Lipinski definition) is 2. The number of allylic oxidation sites excluding steroid dienone is 3. The summed E-state index contributed by atoms with van der Waals surface area (Å²) in [5, 5.41) is 11.2. The average molecular weight is 350 g/mol. The number of ketones is 1. The molecule has 0 spiro atoms. The summed E-state index contributed by atoms with van der Waals surface area (Å²) in [6.07, 6.45) is 0.971. The molecule has 1 heterocycles. The second-order valence-electron chi connectivity index (χ2n) is 7.56. The van der Waals surface area contributed by atoms with Crippen LogP contribution in [0.5, 0.6) is 0 Å².